The first-order valence-corrected chi connectivity index (χ1v) is 9.31. The number of rotatable bonds is 4. The van der Waals surface area contributed by atoms with Crippen LogP contribution >= 0.6 is 11.3 Å². The number of carbonyl (C=O) groups is 2. The van der Waals surface area contributed by atoms with Crippen LogP contribution in [0.5, 0.6) is 0 Å². The van der Waals surface area contributed by atoms with Gasteiger partial charge in [0.2, 0.25) is 5.91 Å². The number of nitrogens with zero attached hydrogens (tertiary/aromatic N) is 3. The second-order valence-electron chi connectivity index (χ2n) is 7.00. The second-order valence-corrected chi connectivity index (χ2v) is 7.84. The van der Waals surface area contributed by atoms with Crippen LogP contribution in [-0.4, -0.2) is 28.8 Å². The number of ether oxygens (including phenoxy) is 1. The Morgan fingerprint density at radius 1 is 1.30 bits per heavy atom. The topological polar surface area (TPSA) is 83.9 Å². The van der Waals surface area contributed by atoms with E-state index in [9.17, 15) is 9.59 Å². The molecule has 2 aromatic rings. The predicted octanol–water partition coefficient (Wildman–Crippen LogP) is 4.30. The molecule has 0 bridgehead atoms. The highest BCUT2D eigenvalue weighted by Gasteiger charge is 2.20. The standard InChI is InChI=1S/C19H24N4O3S/c1-12-8-7-9-16(13(12)2)23(14(3)24)17-21-15(11-27-17)10-20-22-18(25)26-19(4,5)6/h7-11H,1-6H3,(H,22,25)/b20-10-. The Morgan fingerprint density at radius 3 is 2.63 bits per heavy atom. The summed E-state index contributed by atoms with van der Waals surface area (Å²) in [7, 11) is 0. The maximum Gasteiger partial charge on any atom is 0.428 e. The lowest BCUT2D eigenvalue weighted by atomic mass is 10.1. The minimum atomic E-state index is -0.644. The van der Waals surface area contributed by atoms with E-state index in [1.54, 1.807) is 31.1 Å². The fraction of sp³-hybridized carbons (Fsp3) is 0.368. The summed E-state index contributed by atoms with van der Waals surface area (Å²) >= 11 is 1.32. The molecule has 0 aliphatic heterocycles. The number of benzene rings is 1. The molecule has 0 saturated carbocycles. The maximum absolute atomic E-state index is 12.2. The molecule has 0 aliphatic carbocycles. The summed E-state index contributed by atoms with van der Waals surface area (Å²) < 4.78 is 5.10. The first-order chi connectivity index (χ1) is 12.6. The van der Waals surface area contributed by atoms with Gasteiger partial charge < -0.3 is 4.74 Å². The highest BCUT2D eigenvalue weighted by Crippen LogP contribution is 2.32. The SMILES string of the molecule is CC(=O)N(c1nc(/C=N\NC(=O)OC(C)(C)C)cs1)c1cccc(C)c1C. The highest BCUT2D eigenvalue weighted by molar-refractivity contribution is 7.14. The molecule has 8 heteroatoms. The molecular formula is C19H24N4O3S. The van der Waals surface area contributed by atoms with Gasteiger partial charge in [0.1, 0.15) is 5.60 Å². The number of hydrogen-bond acceptors (Lipinski definition) is 6. The van der Waals surface area contributed by atoms with Crippen LogP contribution in [-0.2, 0) is 9.53 Å². The van der Waals surface area contributed by atoms with Gasteiger partial charge in [-0.3, -0.25) is 9.69 Å². The lowest BCUT2D eigenvalue weighted by Crippen LogP contribution is -2.29. The minimum absolute atomic E-state index is 0.131. The highest BCUT2D eigenvalue weighted by atomic mass is 32.1. The van der Waals surface area contributed by atoms with Crippen LogP contribution in [0.3, 0.4) is 0 Å². The van der Waals surface area contributed by atoms with Gasteiger partial charge >= 0.3 is 6.09 Å². The zero-order valence-electron chi connectivity index (χ0n) is 16.4. The number of nitrogens with one attached hydrogen (secondary N) is 1. The van der Waals surface area contributed by atoms with E-state index in [-0.39, 0.29) is 5.91 Å². The molecule has 1 aromatic heterocycles. The Morgan fingerprint density at radius 2 is 2.00 bits per heavy atom. The molecule has 0 spiro atoms. The predicted molar refractivity (Wildman–Crippen MR) is 108 cm³/mol. The monoisotopic (exact) mass is 388 g/mol. The van der Waals surface area contributed by atoms with Crippen molar-refractivity contribution in [2.45, 2.75) is 47.1 Å². The Balaban J connectivity index is 2.17. The Hall–Kier alpha value is -2.74. The molecule has 2 amide bonds. The van der Waals surface area contributed by atoms with Crippen molar-refractivity contribution in [1.82, 2.24) is 10.4 Å². The van der Waals surface area contributed by atoms with Crippen LogP contribution in [0.25, 0.3) is 0 Å². The van der Waals surface area contributed by atoms with Crippen LogP contribution in [0.4, 0.5) is 15.6 Å². The second kappa shape index (κ2) is 8.30. The van der Waals surface area contributed by atoms with E-state index >= 15 is 0 Å². The van der Waals surface area contributed by atoms with E-state index in [2.05, 4.69) is 15.5 Å². The van der Waals surface area contributed by atoms with Gasteiger partial charge in [-0.05, 0) is 51.8 Å². The molecule has 0 aliphatic rings. The number of hydrazone groups is 1. The molecule has 1 aromatic carbocycles. The Bertz CT molecular complexity index is 868. The first kappa shape index (κ1) is 20.6. The Labute approximate surface area is 163 Å². The zero-order valence-corrected chi connectivity index (χ0v) is 17.2. The van der Waals surface area contributed by atoms with E-state index < -0.39 is 11.7 Å². The van der Waals surface area contributed by atoms with Crippen molar-refractivity contribution < 1.29 is 14.3 Å². The van der Waals surface area contributed by atoms with E-state index in [0.29, 0.717) is 10.8 Å². The third-order valence-electron chi connectivity index (χ3n) is 3.58. The summed E-state index contributed by atoms with van der Waals surface area (Å²) in [5.41, 5.74) is 5.14. The Kier molecular flexibility index (Phi) is 6.32. The van der Waals surface area contributed by atoms with Crippen molar-refractivity contribution in [2.75, 3.05) is 4.90 Å². The summed E-state index contributed by atoms with van der Waals surface area (Å²) in [6, 6.07) is 5.80. The van der Waals surface area contributed by atoms with Crippen molar-refractivity contribution in [2.24, 2.45) is 5.10 Å². The summed E-state index contributed by atoms with van der Waals surface area (Å²) in [6.07, 6.45) is 0.765. The molecular weight excluding hydrogens is 364 g/mol. The van der Waals surface area contributed by atoms with Gasteiger partial charge in [-0.25, -0.2) is 15.2 Å². The maximum atomic E-state index is 12.2. The van der Waals surface area contributed by atoms with E-state index in [1.807, 2.05) is 32.0 Å². The smallest absolute Gasteiger partial charge is 0.428 e. The largest absolute Gasteiger partial charge is 0.443 e. The normalized spacial score (nSPS) is 11.5. The lowest BCUT2D eigenvalue weighted by Gasteiger charge is -2.21. The van der Waals surface area contributed by atoms with Crippen molar-refractivity contribution in [1.29, 1.82) is 0 Å². The van der Waals surface area contributed by atoms with Gasteiger partial charge in [0, 0.05) is 12.3 Å². The molecule has 144 valence electrons. The summed E-state index contributed by atoms with van der Waals surface area (Å²) in [6.45, 7) is 10.8. The van der Waals surface area contributed by atoms with Gasteiger partial charge in [-0.15, -0.1) is 11.3 Å². The van der Waals surface area contributed by atoms with E-state index in [4.69, 9.17) is 4.74 Å². The van der Waals surface area contributed by atoms with Crippen LogP contribution in [0, 0.1) is 13.8 Å². The quantitative estimate of drug-likeness (QED) is 0.625. The number of aryl methyl sites for hydroxylation is 1. The number of hydrogen-bond donors (Lipinski definition) is 1. The van der Waals surface area contributed by atoms with Crippen LogP contribution in [0.1, 0.15) is 44.5 Å². The fourth-order valence-electron chi connectivity index (χ4n) is 2.28. The zero-order chi connectivity index (χ0) is 20.2. The third kappa shape index (κ3) is 5.62. The molecule has 2 rings (SSSR count). The molecule has 27 heavy (non-hydrogen) atoms. The third-order valence-corrected chi connectivity index (χ3v) is 4.43. The van der Waals surface area contributed by atoms with E-state index in [1.165, 1.54) is 24.5 Å². The first-order valence-electron chi connectivity index (χ1n) is 8.43. The van der Waals surface area contributed by atoms with Crippen molar-refractivity contribution in [3.05, 3.63) is 40.4 Å². The minimum Gasteiger partial charge on any atom is -0.443 e. The van der Waals surface area contributed by atoms with Crippen LogP contribution in [0.15, 0.2) is 28.7 Å². The number of carbonyl (C=O) groups excluding carboxylic acids is 2. The van der Waals surface area contributed by atoms with Crippen molar-refractivity contribution >= 4 is 40.4 Å². The summed E-state index contributed by atoms with van der Waals surface area (Å²) in [5.74, 6) is -0.131. The van der Waals surface area contributed by atoms with Gasteiger partial charge in [0.05, 0.1) is 17.6 Å². The molecule has 1 heterocycles. The van der Waals surface area contributed by atoms with E-state index in [0.717, 1.165) is 16.8 Å². The molecule has 0 unspecified atom stereocenters. The van der Waals surface area contributed by atoms with Crippen molar-refractivity contribution in [3.63, 3.8) is 0 Å². The van der Waals surface area contributed by atoms with Crippen LogP contribution < -0.4 is 10.3 Å². The van der Waals surface area contributed by atoms with Gasteiger partial charge in [-0.2, -0.15) is 5.10 Å². The van der Waals surface area contributed by atoms with Gasteiger partial charge in [-0.1, -0.05) is 12.1 Å². The summed E-state index contributed by atoms with van der Waals surface area (Å²) in [5, 5.41) is 6.14. The molecule has 0 saturated heterocycles. The van der Waals surface area contributed by atoms with Crippen LogP contribution in [0.2, 0.25) is 0 Å². The number of anilines is 2. The van der Waals surface area contributed by atoms with Gasteiger partial charge in [0.25, 0.3) is 0 Å². The number of amides is 2. The molecule has 1 N–H and O–H groups in total. The average Bonchev–Trinajstić information content (AvgIpc) is 2.98. The average molecular weight is 388 g/mol. The molecule has 0 fully saturated rings. The molecule has 0 radical (unpaired) electrons. The summed E-state index contributed by atoms with van der Waals surface area (Å²) in [4.78, 5) is 29.8. The van der Waals surface area contributed by atoms with Crippen molar-refractivity contribution in [3.8, 4) is 0 Å². The number of aromatic nitrogens is 1. The lowest BCUT2D eigenvalue weighted by molar-refractivity contribution is -0.115. The fourth-order valence-corrected chi connectivity index (χ4v) is 3.11. The van der Waals surface area contributed by atoms with Gasteiger partial charge in [0.15, 0.2) is 5.13 Å². The molecule has 7 nitrogen and oxygen atoms in total. The number of thiazole rings is 1. The molecule has 0 atom stereocenters.